The number of likely N-dealkylation sites (N-methyl/N-ethyl adjacent to an activating group) is 1. The van der Waals surface area contributed by atoms with Crippen LogP contribution in [0.1, 0.15) is 6.92 Å². The molecular weight excluding hydrogens is 188 g/mol. The van der Waals surface area contributed by atoms with Crippen molar-refractivity contribution in [3.63, 3.8) is 0 Å². The normalized spacial score (nSPS) is 15.1. The van der Waals surface area contributed by atoms with Crippen LogP contribution < -0.4 is 10.6 Å². The van der Waals surface area contributed by atoms with Crippen molar-refractivity contribution in [3.05, 3.63) is 0 Å². The van der Waals surface area contributed by atoms with Gasteiger partial charge in [0.2, 0.25) is 5.91 Å². The second kappa shape index (κ2) is 7.17. The molecule has 0 spiro atoms. The maximum atomic E-state index is 11.3. The predicted octanol–water partition coefficient (Wildman–Crippen LogP) is -0.566. The van der Waals surface area contributed by atoms with Crippen LogP contribution in [0, 0.1) is 0 Å². The lowest BCUT2D eigenvalue weighted by Crippen LogP contribution is -2.49. The van der Waals surface area contributed by atoms with Gasteiger partial charge >= 0.3 is 0 Å². The smallest absolute Gasteiger partial charge is 0.239 e. The maximum Gasteiger partial charge on any atom is 0.239 e. The zero-order chi connectivity index (χ0) is 10.3. The number of aliphatic hydroxyl groups excluding tert-OH is 1. The van der Waals surface area contributed by atoms with Crippen molar-refractivity contribution in [3.8, 4) is 0 Å². The van der Waals surface area contributed by atoms with Crippen LogP contribution in [-0.2, 0) is 4.79 Å². The van der Waals surface area contributed by atoms with Crippen LogP contribution in [0.3, 0.4) is 0 Å². The van der Waals surface area contributed by atoms with Gasteiger partial charge in [-0.1, -0.05) is 0 Å². The van der Waals surface area contributed by atoms with Gasteiger partial charge < -0.3 is 15.7 Å². The van der Waals surface area contributed by atoms with Crippen molar-refractivity contribution >= 4 is 17.7 Å². The van der Waals surface area contributed by atoms with Gasteiger partial charge in [-0.15, -0.1) is 0 Å². The number of nitrogens with one attached hydrogen (secondary N) is 2. The zero-order valence-corrected chi connectivity index (χ0v) is 9.15. The van der Waals surface area contributed by atoms with E-state index in [2.05, 4.69) is 10.6 Å². The largest absolute Gasteiger partial charge is 0.391 e. The molecule has 0 aliphatic heterocycles. The van der Waals surface area contributed by atoms with Crippen molar-refractivity contribution < 1.29 is 9.90 Å². The lowest BCUT2D eigenvalue weighted by molar-refractivity contribution is -0.125. The monoisotopic (exact) mass is 206 g/mol. The van der Waals surface area contributed by atoms with Gasteiger partial charge in [0.05, 0.1) is 6.10 Å². The Balaban J connectivity index is 3.78. The highest BCUT2D eigenvalue weighted by atomic mass is 32.2. The van der Waals surface area contributed by atoms with Gasteiger partial charge in [0.1, 0.15) is 6.04 Å². The molecule has 2 atom stereocenters. The molecule has 4 nitrogen and oxygen atoms in total. The summed E-state index contributed by atoms with van der Waals surface area (Å²) in [6.07, 6.45) is 1.32. The molecule has 0 heterocycles. The highest BCUT2D eigenvalue weighted by Crippen LogP contribution is 1.93. The minimum atomic E-state index is -0.667. The van der Waals surface area contributed by atoms with E-state index in [1.807, 2.05) is 6.26 Å². The van der Waals surface area contributed by atoms with E-state index in [1.54, 1.807) is 25.7 Å². The summed E-state index contributed by atoms with van der Waals surface area (Å²) in [5.74, 6) is 0.744. The highest BCUT2D eigenvalue weighted by Gasteiger charge is 2.20. The molecule has 0 fully saturated rings. The van der Waals surface area contributed by atoms with Gasteiger partial charge in [-0.3, -0.25) is 4.79 Å². The van der Waals surface area contributed by atoms with E-state index in [4.69, 9.17) is 0 Å². The van der Waals surface area contributed by atoms with Crippen molar-refractivity contribution in [1.29, 1.82) is 0 Å². The average molecular weight is 206 g/mol. The Hall–Kier alpha value is -0.260. The summed E-state index contributed by atoms with van der Waals surface area (Å²) in [6.45, 7) is 2.24. The first-order valence-electron chi connectivity index (χ1n) is 4.25. The van der Waals surface area contributed by atoms with Crippen molar-refractivity contribution in [2.24, 2.45) is 0 Å². The van der Waals surface area contributed by atoms with Crippen LogP contribution in [0.15, 0.2) is 0 Å². The number of thioether (sulfide) groups is 1. The molecular formula is C8H18N2O2S. The third-order valence-electron chi connectivity index (χ3n) is 1.68. The fourth-order valence-electron chi connectivity index (χ4n) is 0.978. The van der Waals surface area contributed by atoms with E-state index in [0.717, 1.165) is 5.75 Å². The molecule has 0 aromatic carbocycles. The molecule has 3 N–H and O–H groups in total. The third-order valence-corrected chi connectivity index (χ3v) is 2.29. The Bertz CT molecular complexity index is 153. The molecule has 0 unspecified atom stereocenters. The fourth-order valence-corrected chi connectivity index (χ4v) is 1.28. The van der Waals surface area contributed by atoms with Crippen molar-refractivity contribution in [1.82, 2.24) is 10.6 Å². The van der Waals surface area contributed by atoms with Gasteiger partial charge in [0, 0.05) is 12.3 Å². The topological polar surface area (TPSA) is 61.4 Å². The second-order valence-electron chi connectivity index (χ2n) is 2.79. The molecule has 13 heavy (non-hydrogen) atoms. The Labute approximate surface area is 83.5 Å². The molecule has 0 saturated carbocycles. The van der Waals surface area contributed by atoms with E-state index < -0.39 is 12.1 Å². The molecule has 78 valence electrons. The quantitative estimate of drug-likeness (QED) is 0.510. The number of hydrogen-bond donors (Lipinski definition) is 3. The number of hydrogen-bond acceptors (Lipinski definition) is 4. The lowest BCUT2D eigenvalue weighted by atomic mass is 10.2. The Kier molecular flexibility index (Phi) is 7.03. The van der Waals surface area contributed by atoms with Crippen molar-refractivity contribution in [2.75, 3.05) is 25.6 Å². The molecule has 0 radical (unpaired) electrons. The number of aliphatic hydroxyl groups is 1. The van der Waals surface area contributed by atoms with Crippen LogP contribution >= 0.6 is 11.8 Å². The molecule has 0 bridgehead atoms. The Morgan fingerprint density at radius 3 is 2.62 bits per heavy atom. The van der Waals surface area contributed by atoms with Crippen LogP contribution in [0.25, 0.3) is 0 Å². The third kappa shape index (κ3) is 5.13. The van der Waals surface area contributed by atoms with E-state index >= 15 is 0 Å². The van der Waals surface area contributed by atoms with E-state index in [1.165, 1.54) is 0 Å². The van der Waals surface area contributed by atoms with Gasteiger partial charge in [0.15, 0.2) is 0 Å². The lowest BCUT2D eigenvalue weighted by Gasteiger charge is -2.18. The average Bonchev–Trinajstić information content (AvgIpc) is 2.05. The standard InChI is InChI=1S/C8H18N2O2S/c1-6(11)7(9-2)8(12)10-4-5-13-3/h6-7,9,11H,4-5H2,1-3H3,(H,10,12)/t6-,7+/m1/s1. The summed E-state index contributed by atoms with van der Waals surface area (Å²) in [7, 11) is 1.66. The Morgan fingerprint density at radius 1 is 1.62 bits per heavy atom. The highest BCUT2D eigenvalue weighted by molar-refractivity contribution is 7.98. The molecule has 1 amide bonds. The fraction of sp³-hybridized carbons (Fsp3) is 0.875. The minimum Gasteiger partial charge on any atom is -0.391 e. The summed E-state index contributed by atoms with van der Waals surface area (Å²) < 4.78 is 0. The van der Waals surface area contributed by atoms with Crippen LogP contribution in [0.4, 0.5) is 0 Å². The molecule has 0 aromatic rings. The molecule has 0 aromatic heterocycles. The SMILES string of the molecule is CN[C@H](C(=O)NCCSC)[C@@H](C)O. The predicted molar refractivity (Wildman–Crippen MR) is 55.9 cm³/mol. The molecule has 0 rings (SSSR count). The number of rotatable bonds is 6. The molecule has 0 aliphatic carbocycles. The molecule has 0 saturated heterocycles. The maximum absolute atomic E-state index is 11.3. The summed E-state index contributed by atoms with van der Waals surface area (Å²) in [5.41, 5.74) is 0. The van der Waals surface area contributed by atoms with Crippen molar-refractivity contribution in [2.45, 2.75) is 19.1 Å². The van der Waals surface area contributed by atoms with Gasteiger partial charge in [-0.2, -0.15) is 11.8 Å². The van der Waals surface area contributed by atoms with E-state index in [-0.39, 0.29) is 5.91 Å². The first kappa shape index (κ1) is 12.7. The van der Waals surface area contributed by atoms with Gasteiger partial charge in [-0.05, 0) is 20.2 Å². The number of carbonyl (C=O) groups is 1. The molecule has 5 heteroatoms. The van der Waals surface area contributed by atoms with Crippen LogP contribution in [0.2, 0.25) is 0 Å². The number of amides is 1. The second-order valence-corrected chi connectivity index (χ2v) is 3.78. The summed E-state index contributed by atoms with van der Waals surface area (Å²) in [5, 5.41) is 14.7. The van der Waals surface area contributed by atoms with Crippen LogP contribution in [-0.4, -0.2) is 48.8 Å². The van der Waals surface area contributed by atoms with E-state index in [0.29, 0.717) is 6.54 Å². The molecule has 0 aliphatic rings. The van der Waals surface area contributed by atoms with Gasteiger partial charge in [0.25, 0.3) is 0 Å². The zero-order valence-electron chi connectivity index (χ0n) is 8.33. The minimum absolute atomic E-state index is 0.147. The number of carbonyl (C=O) groups excluding carboxylic acids is 1. The van der Waals surface area contributed by atoms with Crippen LogP contribution in [0.5, 0.6) is 0 Å². The first-order valence-corrected chi connectivity index (χ1v) is 5.64. The summed E-state index contributed by atoms with van der Waals surface area (Å²) in [6, 6.07) is -0.512. The van der Waals surface area contributed by atoms with E-state index in [9.17, 15) is 9.90 Å². The summed E-state index contributed by atoms with van der Waals surface area (Å²) in [4.78, 5) is 11.3. The van der Waals surface area contributed by atoms with Gasteiger partial charge in [-0.25, -0.2) is 0 Å². The Morgan fingerprint density at radius 2 is 2.23 bits per heavy atom. The first-order chi connectivity index (χ1) is 6.13. The summed E-state index contributed by atoms with van der Waals surface area (Å²) >= 11 is 1.67.